The number of fused-ring (bicyclic) bond motifs is 1. The Hall–Kier alpha value is -3.99. The molecule has 4 aromatic rings. The first-order valence-electron chi connectivity index (χ1n) is 13.4. The number of nitrogens with one attached hydrogen (secondary N) is 1. The number of hydrogen-bond donors (Lipinski definition) is 1. The number of nitrogens with zero attached hydrogens (tertiary/aromatic N) is 8. The number of amides is 1. The van der Waals surface area contributed by atoms with E-state index in [4.69, 9.17) is 9.72 Å². The maximum atomic E-state index is 12.5. The second-order valence-corrected chi connectivity index (χ2v) is 9.85. The van der Waals surface area contributed by atoms with E-state index in [-0.39, 0.29) is 5.91 Å². The number of rotatable bonds is 8. The summed E-state index contributed by atoms with van der Waals surface area (Å²) in [7, 11) is 0. The molecule has 0 atom stereocenters. The van der Waals surface area contributed by atoms with Gasteiger partial charge in [0.15, 0.2) is 5.65 Å². The van der Waals surface area contributed by atoms with Crippen LogP contribution in [0.3, 0.4) is 0 Å². The van der Waals surface area contributed by atoms with Crippen molar-refractivity contribution < 1.29 is 9.53 Å². The second-order valence-electron chi connectivity index (χ2n) is 9.85. The van der Waals surface area contributed by atoms with E-state index in [1.807, 2.05) is 15.8 Å². The van der Waals surface area contributed by atoms with Gasteiger partial charge in [0.25, 0.3) is 0 Å². The molecule has 198 valence electrons. The molecule has 2 aliphatic heterocycles. The quantitative estimate of drug-likeness (QED) is 0.382. The van der Waals surface area contributed by atoms with Gasteiger partial charge in [0.05, 0.1) is 43.2 Å². The minimum atomic E-state index is 0.201. The Kier molecular flexibility index (Phi) is 7.16. The molecule has 1 aromatic carbocycles. The van der Waals surface area contributed by atoms with Crippen LogP contribution in [0.25, 0.3) is 11.0 Å². The van der Waals surface area contributed by atoms with Gasteiger partial charge in [0.1, 0.15) is 0 Å². The average molecular weight is 516 g/mol. The van der Waals surface area contributed by atoms with E-state index in [1.54, 1.807) is 23.3 Å². The number of carbonyl (C=O) groups is 1. The van der Waals surface area contributed by atoms with Crippen molar-refractivity contribution >= 4 is 34.3 Å². The third kappa shape index (κ3) is 5.62. The molecule has 0 bridgehead atoms. The van der Waals surface area contributed by atoms with Crippen molar-refractivity contribution in [1.29, 1.82) is 0 Å². The molecule has 1 N–H and O–H groups in total. The zero-order chi connectivity index (χ0) is 25.7. The van der Waals surface area contributed by atoms with Crippen LogP contribution in [-0.4, -0.2) is 79.7 Å². The monoisotopic (exact) mass is 515 g/mol. The Bertz CT molecular complexity index is 1390. The third-order valence-corrected chi connectivity index (χ3v) is 7.15. The van der Waals surface area contributed by atoms with Crippen molar-refractivity contribution in [3.8, 4) is 0 Å². The molecular weight excluding hydrogens is 482 g/mol. The molecule has 0 unspecified atom stereocenters. The fourth-order valence-corrected chi connectivity index (χ4v) is 5.08. The molecule has 1 amide bonds. The van der Waals surface area contributed by atoms with Crippen LogP contribution >= 0.6 is 0 Å². The predicted molar refractivity (Wildman–Crippen MR) is 144 cm³/mol. The maximum absolute atomic E-state index is 12.5. The highest BCUT2D eigenvalue weighted by Gasteiger charge is 2.17. The molecule has 2 aliphatic rings. The van der Waals surface area contributed by atoms with Crippen LogP contribution in [0, 0.1) is 0 Å². The van der Waals surface area contributed by atoms with Crippen LogP contribution in [0.15, 0.2) is 49.1 Å². The molecule has 5 heterocycles. The largest absolute Gasteiger partial charge is 0.378 e. The lowest BCUT2D eigenvalue weighted by Gasteiger charge is -2.29. The zero-order valence-corrected chi connectivity index (χ0v) is 21.5. The molecular formula is C27H33N9O2. The average Bonchev–Trinajstić information content (AvgIpc) is 3.59. The first-order chi connectivity index (χ1) is 18.7. The lowest BCUT2D eigenvalue weighted by Crippen LogP contribution is -2.36. The zero-order valence-electron chi connectivity index (χ0n) is 21.5. The Morgan fingerprint density at radius 1 is 1.00 bits per heavy atom. The van der Waals surface area contributed by atoms with Gasteiger partial charge in [-0.3, -0.25) is 9.48 Å². The number of likely N-dealkylation sites (tertiary alicyclic amines) is 1. The van der Waals surface area contributed by atoms with Gasteiger partial charge in [-0.1, -0.05) is 12.1 Å². The number of hydrogen-bond acceptors (Lipinski definition) is 8. The molecule has 0 radical (unpaired) electrons. The highest BCUT2D eigenvalue weighted by atomic mass is 16.5. The molecule has 11 nitrogen and oxygen atoms in total. The minimum absolute atomic E-state index is 0.201. The van der Waals surface area contributed by atoms with Crippen LogP contribution in [0.5, 0.6) is 0 Å². The number of aromatic nitrogens is 6. The maximum Gasteiger partial charge on any atom is 0.229 e. The SMILES string of the molecule is O=C(CCn1cc(Nc2ncc3cnn(Cc4cccc(N5CCOCC5)c4)c3n2)cn1)N1CCCCC1. The molecule has 0 spiro atoms. The number of ether oxygens (including phenoxy) is 1. The molecule has 38 heavy (non-hydrogen) atoms. The van der Waals surface area contributed by atoms with Crippen LogP contribution in [0.1, 0.15) is 31.2 Å². The lowest BCUT2D eigenvalue weighted by molar-refractivity contribution is -0.132. The van der Waals surface area contributed by atoms with E-state index in [0.29, 0.717) is 25.5 Å². The van der Waals surface area contributed by atoms with Crippen molar-refractivity contribution in [2.75, 3.05) is 49.6 Å². The number of anilines is 3. The highest BCUT2D eigenvalue weighted by molar-refractivity contribution is 5.76. The van der Waals surface area contributed by atoms with Gasteiger partial charge in [-0.15, -0.1) is 0 Å². The van der Waals surface area contributed by atoms with Gasteiger partial charge in [-0.05, 0) is 37.0 Å². The Morgan fingerprint density at radius 3 is 2.74 bits per heavy atom. The Labute approximate surface area is 221 Å². The van der Waals surface area contributed by atoms with E-state index >= 15 is 0 Å². The summed E-state index contributed by atoms with van der Waals surface area (Å²) < 4.78 is 9.17. The van der Waals surface area contributed by atoms with E-state index in [2.05, 4.69) is 49.7 Å². The van der Waals surface area contributed by atoms with Crippen LogP contribution in [0.4, 0.5) is 17.3 Å². The van der Waals surface area contributed by atoms with Crippen LogP contribution in [-0.2, 0) is 22.6 Å². The molecule has 3 aromatic heterocycles. The van der Waals surface area contributed by atoms with Gasteiger partial charge < -0.3 is 19.9 Å². The summed E-state index contributed by atoms with van der Waals surface area (Å²) >= 11 is 0. The van der Waals surface area contributed by atoms with Crippen LogP contribution < -0.4 is 10.2 Å². The first kappa shape index (κ1) is 24.4. The summed E-state index contributed by atoms with van der Waals surface area (Å²) in [5.74, 6) is 0.678. The highest BCUT2D eigenvalue weighted by Crippen LogP contribution is 2.21. The van der Waals surface area contributed by atoms with Crippen molar-refractivity contribution in [2.24, 2.45) is 0 Å². The van der Waals surface area contributed by atoms with E-state index in [1.165, 1.54) is 12.1 Å². The predicted octanol–water partition coefficient (Wildman–Crippen LogP) is 3.05. The smallest absolute Gasteiger partial charge is 0.229 e. The van der Waals surface area contributed by atoms with Crippen molar-refractivity contribution in [3.05, 3.63) is 54.6 Å². The number of carbonyl (C=O) groups excluding carboxylic acids is 1. The second kappa shape index (κ2) is 11.2. The summed E-state index contributed by atoms with van der Waals surface area (Å²) in [5.41, 5.74) is 3.90. The minimum Gasteiger partial charge on any atom is -0.378 e. The lowest BCUT2D eigenvalue weighted by atomic mass is 10.1. The van der Waals surface area contributed by atoms with Crippen molar-refractivity contribution in [1.82, 2.24) is 34.4 Å². The number of benzene rings is 1. The molecule has 2 saturated heterocycles. The van der Waals surface area contributed by atoms with Crippen molar-refractivity contribution in [3.63, 3.8) is 0 Å². The Morgan fingerprint density at radius 2 is 1.87 bits per heavy atom. The van der Waals surface area contributed by atoms with E-state index < -0.39 is 0 Å². The normalized spacial score (nSPS) is 16.2. The van der Waals surface area contributed by atoms with Gasteiger partial charge >= 0.3 is 0 Å². The van der Waals surface area contributed by atoms with Gasteiger partial charge in [0, 0.05) is 57.2 Å². The molecule has 0 aliphatic carbocycles. The molecule has 11 heteroatoms. The molecule has 0 saturated carbocycles. The summed E-state index contributed by atoms with van der Waals surface area (Å²) in [4.78, 5) is 26.0. The third-order valence-electron chi connectivity index (χ3n) is 7.15. The summed E-state index contributed by atoms with van der Waals surface area (Å²) in [6, 6.07) is 8.56. The molecule has 2 fully saturated rings. The van der Waals surface area contributed by atoms with Crippen LogP contribution in [0.2, 0.25) is 0 Å². The Balaban J connectivity index is 1.11. The van der Waals surface area contributed by atoms with E-state index in [0.717, 1.165) is 74.5 Å². The molecule has 6 rings (SSSR count). The summed E-state index contributed by atoms with van der Waals surface area (Å²) in [6.07, 6.45) is 11.1. The van der Waals surface area contributed by atoms with Crippen molar-refractivity contribution in [2.45, 2.75) is 38.8 Å². The fourth-order valence-electron chi connectivity index (χ4n) is 5.08. The topological polar surface area (TPSA) is 106 Å². The summed E-state index contributed by atoms with van der Waals surface area (Å²) in [6.45, 7) is 6.24. The van der Waals surface area contributed by atoms with Gasteiger partial charge in [-0.2, -0.15) is 15.2 Å². The standard InChI is InChI=1S/C27H33N9O2/c37-25(34-8-2-1-3-9-34)7-10-35-20-23(18-29-35)31-27-28-16-22-17-30-36(26(22)32-27)19-21-5-4-6-24(15-21)33-11-13-38-14-12-33/h4-6,15-18,20H,1-3,7-14,19H2,(H,28,31,32). The number of aryl methyl sites for hydroxylation is 1. The first-order valence-corrected chi connectivity index (χ1v) is 13.4. The van der Waals surface area contributed by atoms with E-state index in [9.17, 15) is 4.79 Å². The fraction of sp³-hybridized carbons (Fsp3) is 0.444. The number of piperidine rings is 1. The van der Waals surface area contributed by atoms with Gasteiger partial charge in [0.2, 0.25) is 11.9 Å². The number of morpholine rings is 1. The van der Waals surface area contributed by atoms with Gasteiger partial charge in [-0.25, -0.2) is 9.67 Å². The summed E-state index contributed by atoms with van der Waals surface area (Å²) in [5, 5.41) is 13.1.